The van der Waals surface area contributed by atoms with Gasteiger partial charge in [-0.3, -0.25) is 9.35 Å². The van der Waals surface area contributed by atoms with E-state index in [1.165, 1.54) is 18.3 Å². The molecule has 0 aliphatic rings. The molecular formula is C10H7Br2N3O4S. The van der Waals surface area contributed by atoms with Gasteiger partial charge in [-0.1, -0.05) is 0 Å². The second kappa shape index (κ2) is 5.28. The molecule has 2 rings (SSSR count). The van der Waals surface area contributed by atoms with Crippen LogP contribution in [-0.2, 0) is 10.1 Å². The molecular weight excluding hydrogens is 418 g/mol. The van der Waals surface area contributed by atoms with Gasteiger partial charge in [0, 0.05) is 5.69 Å². The summed E-state index contributed by atoms with van der Waals surface area (Å²) in [5, 5.41) is 3.82. The molecule has 1 aromatic heterocycles. The lowest BCUT2D eigenvalue weighted by Gasteiger charge is -2.10. The molecule has 0 radical (unpaired) electrons. The first-order chi connectivity index (χ1) is 9.21. The van der Waals surface area contributed by atoms with Crippen LogP contribution in [0.1, 0.15) is 0 Å². The van der Waals surface area contributed by atoms with Gasteiger partial charge < -0.3 is 5.73 Å². The Morgan fingerprint density at radius 1 is 1.30 bits per heavy atom. The lowest BCUT2D eigenvalue weighted by atomic mass is 10.3. The van der Waals surface area contributed by atoms with E-state index in [9.17, 15) is 17.8 Å². The van der Waals surface area contributed by atoms with Crippen molar-refractivity contribution in [2.45, 2.75) is 4.90 Å². The minimum atomic E-state index is -4.55. The average Bonchev–Trinajstić information content (AvgIpc) is 2.36. The molecule has 7 nitrogen and oxygen atoms in total. The molecule has 3 N–H and O–H groups in total. The van der Waals surface area contributed by atoms with Gasteiger partial charge in [-0.05, 0) is 50.1 Å². The molecule has 0 fully saturated rings. The zero-order chi connectivity index (χ0) is 15.1. The van der Waals surface area contributed by atoms with Crippen molar-refractivity contribution in [2.24, 2.45) is 0 Å². The van der Waals surface area contributed by atoms with Crippen LogP contribution in [0.2, 0.25) is 0 Å². The number of aromatic nitrogens is 2. The molecule has 1 aromatic carbocycles. The summed E-state index contributed by atoms with van der Waals surface area (Å²) in [5.74, 6) is 0. The number of rotatable bonds is 2. The Balaban J connectivity index is 2.85. The normalized spacial score (nSPS) is 11.6. The maximum absolute atomic E-state index is 12.1. The molecule has 0 bridgehead atoms. The number of nitrogens with zero attached hydrogens (tertiary/aromatic N) is 2. The minimum Gasteiger partial charge on any atom is -0.399 e. The molecule has 20 heavy (non-hydrogen) atoms. The zero-order valence-corrected chi connectivity index (χ0v) is 13.6. The zero-order valence-electron chi connectivity index (χ0n) is 9.62. The molecule has 0 aliphatic carbocycles. The standard InChI is InChI=1S/C10H7Br2N3O4S/c11-6-4-14-15(10(16)9(6)12)7-2-1-5(13)3-8(7)20(17,18)19/h1-4H,13H2,(H,17,18,19). The monoisotopic (exact) mass is 423 g/mol. The smallest absolute Gasteiger partial charge is 0.296 e. The number of anilines is 1. The maximum atomic E-state index is 12.1. The highest BCUT2D eigenvalue weighted by molar-refractivity contribution is 9.13. The SMILES string of the molecule is Nc1ccc(-n2ncc(Br)c(Br)c2=O)c(S(=O)(=O)O)c1. The Morgan fingerprint density at radius 2 is 1.95 bits per heavy atom. The van der Waals surface area contributed by atoms with E-state index in [0.717, 1.165) is 10.7 Å². The van der Waals surface area contributed by atoms with Gasteiger partial charge in [0.2, 0.25) is 0 Å². The fourth-order valence-corrected chi connectivity index (χ4v) is 2.73. The van der Waals surface area contributed by atoms with Gasteiger partial charge >= 0.3 is 0 Å². The van der Waals surface area contributed by atoms with E-state index in [1.807, 2.05) is 0 Å². The van der Waals surface area contributed by atoms with Gasteiger partial charge in [0.25, 0.3) is 15.7 Å². The fourth-order valence-electron chi connectivity index (χ4n) is 1.50. The summed E-state index contributed by atoms with van der Waals surface area (Å²) in [6.07, 6.45) is 1.32. The van der Waals surface area contributed by atoms with E-state index in [-0.39, 0.29) is 15.8 Å². The third-order valence-corrected chi connectivity index (χ3v) is 5.15. The maximum Gasteiger partial charge on any atom is 0.296 e. The van der Waals surface area contributed by atoms with E-state index in [1.54, 1.807) is 0 Å². The minimum absolute atomic E-state index is 0.0973. The second-order valence-corrected chi connectivity index (χ2v) is 6.76. The van der Waals surface area contributed by atoms with E-state index in [4.69, 9.17) is 5.73 Å². The Labute approximate surface area is 130 Å². The number of benzene rings is 1. The van der Waals surface area contributed by atoms with Crippen molar-refractivity contribution in [1.29, 1.82) is 0 Å². The predicted octanol–water partition coefficient (Wildman–Crippen LogP) is 1.59. The number of nitrogen functional groups attached to an aromatic ring is 1. The lowest BCUT2D eigenvalue weighted by Crippen LogP contribution is -2.23. The molecule has 2 aromatic rings. The van der Waals surface area contributed by atoms with Crippen LogP contribution in [-0.4, -0.2) is 22.8 Å². The Hall–Kier alpha value is -1.23. The molecule has 0 atom stereocenters. The van der Waals surface area contributed by atoms with Crippen molar-refractivity contribution in [3.63, 3.8) is 0 Å². The Morgan fingerprint density at radius 3 is 2.55 bits per heavy atom. The van der Waals surface area contributed by atoms with Crippen LogP contribution in [0, 0.1) is 0 Å². The van der Waals surface area contributed by atoms with Gasteiger partial charge in [0.05, 0.1) is 16.4 Å². The van der Waals surface area contributed by atoms with Crippen molar-refractivity contribution in [3.8, 4) is 5.69 Å². The quantitative estimate of drug-likeness (QED) is 0.558. The third-order valence-electron chi connectivity index (χ3n) is 2.37. The fraction of sp³-hybridized carbons (Fsp3) is 0. The number of hydrogen-bond donors (Lipinski definition) is 2. The molecule has 10 heteroatoms. The summed E-state index contributed by atoms with van der Waals surface area (Å²) in [7, 11) is -4.55. The highest BCUT2D eigenvalue weighted by Crippen LogP contribution is 2.23. The summed E-state index contributed by atoms with van der Waals surface area (Å²) in [6.45, 7) is 0. The molecule has 0 spiro atoms. The van der Waals surface area contributed by atoms with Gasteiger partial charge in [-0.25, -0.2) is 0 Å². The highest BCUT2D eigenvalue weighted by Gasteiger charge is 2.20. The van der Waals surface area contributed by atoms with Crippen molar-refractivity contribution >= 4 is 47.7 Å². The van der Waals surface area contributed by atoms with Crippen LogP contribution in [0.4, 0.5) is 5.69 Å². The first kappa shape index (κ1) is 15.2. The summed E-state index contributed by atoms with van der Waals surface area (Å²) in [5.41, 5.74) is 4.94. The van der Waals surface area contributed by atoms with Crippen LogP contribution in [0.3, 0.4) is 0 Å². The van der Waals surface area contributed by atoms with Crippen LogP contribution >= 0.6 is 31.9 Å². The first-order valence-electron chi connectivity index (χ1n) is 5.02. The first-order valence-corrected chi connectivity index (χ1v) is 8.05. The topological polar surface area (TPSA) is 115 Å². The Kier molecular flexibility index (Phi) is 4.00. The number of halogens is 2. The van der Waals surface area contributed by atoms with E-state index >= 15 is 0 Å². The van der Waals surface area contributed by atoms with Crippen molar-refractivity contribution in [3.05, 3.63) is 43.7 Å². The van der Waals surface area contributed by atoms with E-state index in [0.29, 0.717) is 4.47 Å². The molecule has 0 saturated heterocycles. The molecule has 0 amide bonds. The van der Waals surface area contributed by atoms with Crippen molar-refractivity contribution < 1.29 is 13.0 Å². The van der Waals surface area contributed by atoms with E-state index in [2.05, 4.69) is 37.0 Å². The van der Waals surface area contributed by atoms with Crippen LogP contribution < -0.4 is 11.3 Å². The third kappa shape index (κ3) is 2.77. The predicted molar refractivity (Wildman–Crippen MR) is 79.5 cm³/mol. The van der Waals surface area contributed by atoms with Gasteiger partial charge in [0.15, 0.2) is 0 Å². The molecule has 0 unspecified atom stereocenters. The van der Waals surface area contributed by atoms with Crippen LogP contribution in [0.25, 0.3) is 5.69 Å². The Bertz CT molecular complexity index is 848. The molecule has 106 valence electrons. The van der Waals surface area contributed by atoms with Gasteiger partial charge in [-0.2, -0.15) is 18.2 Å². The van der Waals surface area contributed by atoms with Crippen molar-refractivity contribution in [1.82, 2.24) is 9.78 Å². The average molecular weight is 425 g/mol. The number of nitrogens with two attached hydrogens (primary N) is 1. The van der Waals surface area contributed by atoms with Gasteiger partial charge in [-0.15, -0.1) is 0 Å². The van der Waals surface area contributed by atoms with Crippen LogP contribution in [0.15, 0.2) is 43.0 Å². The highest BCUT2D eigenvalue weighted by atomic mass is 79.9. The van der Waals surface area contributed by atoms with E-state index < -0.39 is 20.6 Å². The molecule has 1 heterocycles. The molecule has 0 aliphatic heterocycles. The van der Waals surface area contributed by atoms with Crippen molar-refractivity contribution in [2.75, 3.05) is 5.73 Å². The number of hydrogen-bond acceptors (Lipinski definition) is 5. The lowest BCUT2D eigenvalue weighted by molar-refractivity contribution is 0.482. The second-order valence-electron chi connectivity index (χ2n) is 3.73. The summed E-state index contributed by atoms with van der Waals surface area (Å²) >= 11 is 6.17. The van der Waals surface area contributed by atoms with Gasteiger partial charge in [0.1, 0.15) is 9.37 Å². The summed E-state index contributed by atoms with van der Waals surface area (Å²) in [4.78, 5) is 11.6. The largest absolute Gasteiger partial charge is 0.399 e. The summed E-state index contributed by atoms with van der Waals surface area (Å²) < 4.78 is 33.4. The van der Waals surface area contributed by atoms with Crippen LogP contribution in [0.5, 0.6) is 0 Å². The summed E-state index contributed by atoms with van der Waals surface area (Å²) in [6, 6.07) is 3.73. The molecule has 0 saturated carbocycles.